The molecule has 0 unspecified atom stereocenters. The summed E-state index contributed by atoms with van der Waals surface area (Å²) in [6.07, 6.45) is 4.04. The van der Waals surface area contributed by atoms with Crippen molar-refractivity contribution in [2.75, 3.05) is 5.32 Å². The van der Waals surface area contributed by atoms with Crippen molar-refractivity contribution in [2.45, 2.75) is 66.0 Å². The third-order valence-electron chi connectivity index (χ3n) is 3.55. The Morgan fingerprint density at radius 3 is 2.38 bits per heavy atom. The number of hydrogen-bond donors (Lipinski definition) is 2. The molecule has 0 aliphatic carbocycles. The highest BCUT2D eigenvalue weighted by Crippen LogP contribution is 2.17. The molecule has 1 aromatic carbocycles. The van der Waals surface area contributed by atoms with Crippen LogP contribution in [-0.2, 0) is 11.3 Å². The van der Waals surface area contributed by atoms with E-state index in [0.29, 0.717) is 6.04 Å². The van der Waals surface area contributed by atoms with E-state index in [-0.39, 0.29) is 11.8 Å². The lowest BCUT2D eigenvalue weighted by Gasteiger charge is -2.16. The van der Waals surface area contributed by atoms with Gasteiger partial charge in [-0.2, -0.15) is 0 Å². The lowest BCUT2D eigenvalue weighted by molar-refractivity contribution is -0.120. The highest BCUT2D eigenvalue weighted by Gasteiger charge is 2.16. The van der Waals surface area contributed by atoms with Crippen LogP contribution in [0.3, 0.4) is 0 Å². The molecule has 21 heavy (non-hydrogen) atoms. The first-order valence-corrected chi connectivity index (χ1v) is 8.20. The molecular weight excluding hydrogens is 260 g/mol. The van der Waals surface area contributed by atoms with Gasteiger partial charge in [-0.3, -0.25) is 4.79 Å². The molecule has 1 amide bonds. The van der Waals surface area contributed by atoms with E-state index in [0.717, 1.165) is 37.9 Å². The van der Waals surface area contributed by atoms with Crippen LogP contribution in [0.1, 0.15) is 58.9 Å². The van der Waals surface area contributed by atoms with Crippen LogP contribution >= 0.6 is 0 Å². The molecule has 3 nitrogen and oxygen atoms in total. The van der Waals surface area contributed by atoms with E-state index in [2.05, 4.69) is 50.5 Å². The zero-order valence-corrected chi connectivity index (χ0v) is 13.9. The summed E-state index contributed by atoms with van der Waals surface area (Å²) in [7, 11) is 0. The SMILES string of the molecule is CCCC(CCC)C(=O)Nc1cccc(CNC(C)C)c1. The average molecular weight is 290 g/mol. The Morgan fingerprint density at radius 2 is 1.81 bits per heavy atom. The molecule has 0 aliphatic rings. The summed E-state index contributed by atoms with van der Waals surface area (Å²) in [5.74, 6) is 0.296. The van der Waals surface area contributed by atoms with E-state index >= 15 is 0 Å². The maximum absolute atomic E-state index is 12.3. The molecule has 0 fully saturated rings. The minimum absolute atomic E-state index is 0.137. The molecule has 0 radical (unpaired) electrons. The van der Waals surface area contributed by atoms with Gasteiger partial charge >= 0.3 is 0 Å². The van der Waals surface area contributed by atoms with Crippen LogP contribution in [0, 0.1) is 5.92 Å². The Hall–Kier alpha value is -1.35. The van der Waals surface area contributed by atoms with Crippen LogP contribution in [0.4, 0.5) is 5.69 Å². The number of amides is 1. The first-order valence-electron chi connectivity index (χ1n) is 8.20. The molecule has 0 saturated heterocycles. The van der Waals surface area contributed by atoms with Gasteiger partial charge in [0.2, 0.25) is 5.91 Å². The summed E-state index contributed by atoms with van der Waals surface area (Å²) in [5.41, 5.74) is 2.10. The number of carbonyl (C=O) groups excluding carboxylic acids is 1. The lowest BCUT2D eigenvalue weighted by atomic mass is 9.97. The predicted octanol–water partition coefficient (Wildman–Crippen LogP) is 4.34. The molecule has 3 heteroatoms. The summed E-state index contributed by atoms with van der Waals surface area (Å²) >= 11 is 0. The molecule has 0 aromatic heterocycles. The smallest absolute Gasteiger partial charge is 0.227 e. The standard InChI is InChI=1S/C18H30N2O/c1-5-8-16(9-6-2)18(21)20-17-11-7-10-15(12-17)13-19-14(3)4/h7,10-12,14,16,19H,5-6,8-9,13H2,1-4H3,(H,20,21). The number of anilines is 1. The van der Waals surface area contributed by atoms with Gasteiger partial charge in [-0.1, -0.05) is 52.7 Å². The van der Waals surface area contributed by atoms with Crippen molar-refractivity contribution in [3.05, 3.63) is 29.8 Å². The molecule has 0 heterocycles. The van der Waals surface area contributed by atoms with Gasteiger partial charge < -0.3 is 10.6 Å². The molecule has 1 aromatic rings. The number of carbonyl (C=O) groups is 1. The highest BCUT2D eigenvalue weighted by atomic mass is 16.1. The fourth-order valence-electron chi connectivity index (χ4n) is 2.43. The lowest BCUT2D eigenvalue weighted by Crippen LogP contribution is -2.23. The molecule has 0 saturated carbocycles. The van der Waals surface area contributed by atoms with Crippen LogP contribution in [-0.4, -0.2) is 11.9 Å². The van der Waals surface area contributed by atoms with E-state index in [1.165, 1.54) is 5.56 Å². The Kier molecular flexibility index (Phi) is 8.06. The molecule has 0 aliphatic heterocycles. The van der Waals surface area contributed by atoms with E-state index in [9.17, 15) is 4.79 Å². The van der Waals surface area contributed by atoms with Gasteiger partial charge in [0, 0.05) is 24.2 Å². The van der Waals surface area contributed by atoms with E-state index in [4.69, 9.17) is 0 Å². The van der Waals surface area contributed by atoms with Crippen LogP contribution in [0.15, 0.2) is 24.3 Å². The maximum atomic E-state index is 12.3. The topological polar surface area (TPSA) is 41.1 Å². The van der Waals surface area contributed by atoms with Crippen molar-refractivity contribution < 1.29 is 4.79 Å². The molecular formula is C18H30N2O. The van der Waals surface area contributed by atoms with Gasteiger partial charge in [0.1, 0.15) is 0 Å². The fraction of sp³-hybridized carbons (Fsp3) is 0.611. The Labute approximate surface area is 129 Å². The van der Waals surface area contributed by atoms with Crippen LogP contribution < -0.4 is 10.6 Å². The third kappa shape index (κ3) is 6.76. The Balaban J connectivity index is 2.64. The van der Waals surface area contributed by atoms with Crippen molar-refractivity contribution in [3.63, 3.8) is 0 Å². The van der Waals surface area contributed by atoms with Gasteiger partial charge in [0.25, 0.3) is 0 Å². The van der Waals surface area contributed by atoms with E-state index in [1.54, 1.807) is 0 Å². The minimum Gasteiger partial charge on any atom is -0.326 e. The van der Waals surface area contributed by atoms with Gasteiger partial charge in [-0.25, -0.2) is 0 Å². The quantitative estimate of drug-likeness (QED) is 0.710. The van der Waals surface area contributed by atoms with Gasteiger partial charge in [0.05, 0.1) is 0 Å². The zero-order valence-electron chi connectivity index (χ0n) is 13.9. The first kappa shape index (κ1) is 17.7. The van der Waals surface area contributed by atoms with Crippen molar-refractivity contribution >= 4 is 11.6 Å². The summed E-state index contributed by atoms with van der Waals surface area (Å²) in [4.78, 5) is 12.3. The average Bonchev–Trinajstić information content (AvgIpc) is 2.45. The number of nitrogens with one attached hydrogen (secondary N) is 2. The first-order chi connectivity index (χ1) is 10.1. The second kappa shape index (κ2) is 9.56. The highest BCUT2D eigenvalue weighted by molar-refractivity contribution is 5.92. The monoisotopic (exact) mass is 290 g/mol. The second-order valence-electron chi connectivity index (χ2n) is 6.00. The summed E-state index contributed by atoms with van der Waals surface area (Å²) in [5, 5.41) is 6.47. The van der Waals surface area contributed by atoms with Crippen LogP contribution in [0.25, 0.3) is 0 Å². The minimum atomic E-state index is 0.137. The van der Waals surface area contributed by atoms with E-state index in [1.807, 2.05) is 12.1 Å². The maximum Gasteiger partial charge on any atom is 0.227 e. The van der Waals surface area contributed by atoms with Crippen molar-refractivity contribution in [1.29, 1.82) is 0 Å². The summed E-state index contributed by atoms with van der Waals surface area (Å²) in [6, 6.07) is 8.57. The second-order valence-corrected chi connectivity index (χ2v) is 6.00. The van der Waals surface area contributed by atoms with E-state index < -0.39 is 0 Å². The van der Waals surface area contributed by atoms with Crippen molar-refractivity contribution in [2.24, 2.45) is 5.92 Å². The van der Waals surface area contributed by atoms with Crippen molar-refractivity contribution in [3.8, 4) is 0 Å². The third-order valence-corrected chi connectivity index (χ3v) is 3.55. The molecule has 1 rings (SSSR count). The predicted molar refractivity (Wildman–Crippen MR) is 90.4 cm³/mol. The van der Waals surface area contributed by atoms with Gasteiger partial charge in [0.15, 0.2) is 0 Å². The molecule has 2 N–H and O–H groups in total. The Bertz CT molecular complexity index is 423. The van der Waals surface area contributed by atoms with Crippen LogP contribution in [0.5, 0.6) is 0 Å². The zero-order chi connectivity index (χ0) is 15.7. The molecule has 0 bridgehead atoms. The fourth-order valence-corrected chi connectivity index (χ4v) is 2.43. The summed E-state index contributed by atoms with van der Waals surface area (Å²) < 4.78 is 0. The molecule has 118 valence electrons. The van der Waals surface area contributed by atoms with Crippen molar-refractivity contribution in [1.82, 2.24) is 5.32 Å². The van der Waals surface area contributed by atoms with Crippen LogP contribution in [0.2, 0.25) is 0 Å². The molecule has 0 spiro atoms. The van der Waals surface area contributed by atoms with Gasteiger partial charge in [-0.15, -0.1) is 0 Å². The Morgan fingerprint density at radius 1 is 1.14 bits per heavy atom. The van der Waals surface area contributed by atoms with Gasteiger partial charge in [-0.05, 0) is 30.5 Å². The number of benzene rings is 1. The number of hydrogen-bond acceptors (Lipinski definition) is 2. The number of rotatable bonds is 9. The normalized spacial score (nSPS) is 11.1. The summed E-state index contributed by atoms with van der Waals surface area (Å²) in [6.45, 7) is 9.36. The largest absolute Gasteiger partial charge is 0.326 e. The molecule has 0 atom stereocenters.